The first kappa shape index (κ1) is 21.2. The second kappa shape index (κ2) is 9.00. The highest BCUT2D eigenvalue weighted by Gasteiger charge is 2.23. The molecule has 0 saturated heterocycles. The monoisotopic (exact) mass is 423 g/mol. The van der Waals surface area contributed by atoms with Crippen LogP contribution in [0.4, 0.5) is 14.5 Å². The Labute approximate surface area is 181 Å². The molecule has 0 spiro atoms. The van der Waals surface area contributed by atoms with Gasteiger partial charge in [0.25, 0.3) is 0 Å². The van der Waals surface area contributed by atoms with Crippen LogP contribution in [0.1, 0.15) is 54.6 Å². The van der Waals surface area contributed by atoms with Gasteiger partial charge in [-0.05, 0) is 66.5 Å². The Hall–Kier alpha value is -3.02. The van der Waals surface area contributed by atoms with Gasteiger partial charge in [0.15, 0.2) is 0 Å². The number of carbonyl (C=O) groups excluding carboxylic acids is 1. The largest absolute Gasteiger partial charge is 0.337 e. The van der Waals surface area contributed by atoms with Crippen molar-refractivity contribution in [3.63, 3.8) is 0 Å². The molecule has 0 aliphatic heterocycles. The maximum absolute atomic E-state index is 14.2. The summed E-state index contributed by atoms with van der Waals surface area (Å²) < 4.78 is 29.4. The van der Waals surface area contributed by atoms with Crippen LogP contribution in [0.25, 0.3) is 0 Å². The number of amides is 1. The molecule has 1 heterocycles. The summed E-state index contributed by atoms with van der Waals surface area (Å²) in [6.45, 7) is 2.12. The van der Waals surface area contributed by atoms with Crippen molar-refractivity contribution in [1.82, 2.24) is 9.55 Å². The van der Waals surface area contributed by atoms with E-state index in [0.29, 0.717) is 12.1 Å². The van der Waals surface area contributed by atoms with Gasteiger partial charge >= 0.3 is 0 Å². The molecule has 31 heavy (non-hydrogen) atoms. The van der Waals surface area contributed by atoms with Crippen LogP contribution in [0.5, 0.6) is 0 Å². The standard InChI is InChI=1S/C25H27F2N3O/c1-17(22-10-8-20(26)15-23(22)27)13-25(31)30(16-24-28-11-12-29(24)2)21-9-7-18-5-3-4-6-19(18)14-21/h7-12,14-15,17H,3-6,13,16H2,1-2H3. The molecule has 1 aromatic heterocycles. The molecule has 0 N–H and O–H groups in total. The van der Waals surface area contributed by atoms with Gasteiger partial charge in [0.2, 0.25) is 5.91 Å². The number of halogens is 2. The first-order valence-corrected chi connectivity index (χ1v) is 10.8. The van der Waals surface area contributed by atoms with Crippen LogP contribution in [0.2, 0.25) is 0 Å². The molecular weight excluding hydrogens is 396 g/mol. The van der Waals surface area contributed by atoms with E-state index in [0.717, 1.165) is 36.8 Å². The van der Waals surface area contributed by atoms with E-state index >= 15 is 0 Å². The predicted molar refractivity (Wildman–Crippen MR) is 117 cm³/mol. The zero-order chi connectivity index (χ0) is 22.0. The van der Waals surface area contributed by atoms with E-state index in [4.69, 9.17) is 0 Å². The molecule has 4 nitrogen and oxygen atoms in total. The average molecular weight is 424 g/mol. The van der Waals surface area contributed by atoms with Crippen LogP contribution in [0.15, 0.2) is 48.8 Å². The van der Waals surface area contributed by atoms with Crippen LogP contribution >= 0.6 is 0 Å². The minimum absolute atomic E-state index is 0.115. The summed E-state index contributed by atoms with van der Waals surface area (Å²) >= 11 is 0. The fourth-order valence-electron chi connectivity index (χ4n) is 4.28. The summed E-state index contributed by atoms with van der Waals surface area (Å²) in [4.78, 5) is 19.5. The Morgan fingerprint density at radius 3 is 2.61 bits per heavy atom. The first-order chi connectivity index (χ1) is 14.9. The van der Waals surface area contributed by atoms with E-state index in [-0.39, 0.29) is 18.2 Å². The predicted octanol–water partition coefficient (Wildman–Crippen LogP) is 5.30. The topological polar surface area (TPSA) is 38.1 Å². The van der Waals surface area contributed by atoms with Crippen LogP contribution in [0.3, 0.4) is 0 Å². The molecule has 1 aliphatic carbocycles. The number of carbonyl (C=O) groups is 1. The first-order valence-electron chi connectivity index (χ1n) is 10.8. The van der Waals surface area contributed by atoms with E-state index in [9.17, 15) is 13.6 Å². The fourth-order valence-corrected chi connectivity index (χ4v) is 4.28. The number of hydrogen-bond donors (Lipinski definition) is 0. The molecule has 4 rings (SSSR count). The molecule has 0 radical (unpaired) electrons. The summed E-state index contributed by atoms with van der Waals surface area (Å²) in [6, 6.07) is 9.74. The molecule has 6 heteroatoms. The van der Waals surface area contributed by atoms with E-state index in [2.05, 4.69) is 17.1 Å². The number of aromatic nitrogens is 2. The zero-order valence-corrected chi connectivity index (χ0v) is 17.9. The molecule has 0 saturated carbocycles. The van der Waals surface area contributed by atoms with Gasteiger partial charge in [-0.15, -0.1) is 0 Å². The Balaban J connectivity index is 1.62. The van der Waals surface area contributed by atoms with Crippen molar-refractivity contribution in [2.24, 2.45) is 7.05 Å². The van der Waals surface area contributed by atoms with Gasteiger partial charge in [0.05, 0.1) is 6.54 Å². The highest BCUT2D eigenvalue weighted by molar-refractivity contribution is 5.93. The van der Waals surface area contributed by atoms with Gasteiger partial charge < -0.3 is 9.47 Å². The summed E-state index contributed by atoms with van der Waals surface area (Å²) in [6.07, 6.45) is 8.12. The lowest BCUT2D eigenvalue weighted by atomic mass is 9.91. The Morgan fingerprint density at radius 1 is 1.13 bits per heavy atom. The van der Waals surface area contributed by atoms with Gasteiger partial charge in [0.1, 0.15) is 17.5 Å². The van der Waals surface area contributed by atoms with Crippen molar-refractivity contribution in [2.45, 2.75) is 51.5 Å². The fraction of sp³-hybridized carbons (Fsp3) is 0.360. The van der Waals surface area contributed by atoms with E-state index in [1.54, 1.807) is 18.0 Å². The number of fused-ring (bicyclic) bond motifs is 1. The van der Waals surface area contributed by atoms with Gasteiger partial charge in [-0.2, -0.15) is 0 Å². The lowest BCUT2D eigenvalue weighted by Gasteiger charge is -2.26. The highest BCUT2D eigenvalue weighted by Crippen LogP contribution is 2.29. The van der Waals surface area contributed by atoms with E-state index in [1.807, 2.05) is 23.9 Å². The normalized spacial score (nSPS) is 14.2. The molecule has 1 unspecified atom stereocenters. The minimum Gasteiger partial charge on any atom is -0.337 e. The third-order valence-corrected chi connectivity index (χ3v) is 6.14. The van der Waals surface area contributed by atoms with Crippen LogP contribution in [0, 0.1) is 11.6 Å². The Morgan fingerprint density at radius 2 is 1.90 bits per heavy atom. The van der Waals surface area contributed by atoms with Crippen molar-refractivity contribution in [2.75, 3.05) is 4.90 Å². The molecule has 1 atom stereocenters. The van der Waals surface area contributed by atoms with E-state index < -0.39 is 11.6 Å². The lowest BCUT2D eigenvalue weighted by Crippen LogP contribution is -2.32. The molecule has 1 amide bonds. The average Bonchev–Trinajstić information content (AvgIpc) is 3.15. The maximum Gasteiger partial charge on any atom is 0.228 e. The van der Waals surface area contributed by atoms with Gasteiger partial charge in [-0.3, -0.25) is 4.79 Å². The van der Waals surface area contributed by atoms with Crippen molar-refractivity contribution in [1.29, 1.82) is 0 Å². The number of benzene rings is 2. The Kier molecular flexibility index (Phi) is 6.16. The Bertz CT molecular complexity index is 1090. The number of anilines is 1. The molecule has 162 valence electrons. The third kappa shape index (κ3) is 4.68. The smallest absolute Gasteiger partial charge is 0.228 e. The van der Waals surface area contributed by atoms with Crippen molar-refractivity contribution >= 4 is 11.6 Å². The third-order valence-electron chi connectivity index (χ3n) is 6.14. The quantitative estimate of drug-likeness (QED) is 0.539. The highest BCUT2D eigenvalue weighted by atomic mass is 19.1. The summed E-state index contributed by atoms with van der Waals surface area (Å²) in [7, 11) is 1.90. The molecule has 0 fully saturated rings. The van der Waals surface area contributed by atoms with Gasteiger partial charge in [-0.25, -0.2) is 13.8 Å². The lowest BCUT2D eigenvalue weighted by molar-refractivity contribution is -0.119. The minimum atomic E-state index is -0.621. The molecule has 1 aliphatic rings. The second-order valence-corrected chi connectivity index (χ2v) is 8.37. The molecule has 0 bridgehead atoms. The van der Waals surface area contributed by atoms with Gasteiger partial charge in [-0.1, -0.05) is 19.1 Å². The van der Waals surface area contributed by atoms with Crippen molar-refractivity contribution in [3.05, 3.63) is 82.9 Å². The maximum atomic E-state index is 14.2. The number of aryl methyl sites for hydroxylation is 3. The number of hydrogen-bond acceptors (Lipinski definition) is 2. The number of nitrogens with zero attached hydrogens (tertiary/aromatic N) is 3. The molecule has 3 aromatic rings. The summed E-state index contributed by atoms with van der Waals surface area (Å²) in [5, 5.41) is 0. The second-order valence-electron chi connectivity index (χ2n) is 8.37. The van der Waals surface area contributed by atoms with Crippen molar-refractivity contribution in [3.8, 4) is 0 Å². The molecular formula is C25H27F2N3O. The number of imidazole rings is 1. The number of rotatable bonds is 6. The summed E-state index contributed by atoms with van der Waals surface area (Å²) in [5.74, 6) is -0.966. The van der Waals surface area contributed by atoms with Crippen LogP contribution in [-0.4, -0.2) is 15.5 Å². The molecule has 2 aromatic carbocycles. The van der Waals surface area contributed by atoms with Gasteiger partial charge in [0, 0.05) is 37.6 Å². The van der Waals surface area contributed by atoms with Crippen molar-refractivity contribution < 1.29 is 13.6 Å². The van der Waals surface area contributed by atoms with Crippen LogP contribution < -0.4 is 4.90 Å². The summed E-state index contributed by atoms with van der Waals surface area (Å²) in [5.41, 5.74) is 3.82. The zero-order valence-electron chi connectivity index (χ0n) is 17.9. The van der Waals surface area contributed by atoms with Crippen LogP contribution in [-0.2, 0) is 31.2 Å². The van der Waals surface area contributed by atoms with E-state index in [1.165, 1.54) is 29.7 Å². The SMILES string of the molecule is CC(CC(=O)N(Cc1nccn1C)c1ccc2c(c1)CCCC2)c1ccc(F)cc1F.